The highest BCUT2D eigenvalue weighted by Gasteiger charge is 2.17. The zero-order valence-electron chi connectivity index (χ0n) is 27.1. The van der Waals surface area contributed by atoms with Gasteiger partial charge in [0.25, 0.3) is 0 Å². The standard InChI is InChI=1S/C41H32N6O2/c1-3-27-15-17-43-37(19-27)29-7-5-9-31(21-29)48-33-11-13-35-36-14-12-34(24-40(36)47(39(35)23-33)41-45-25-42-26-46-41)49-32-10-6-8-30(22-32)38-20-28(4-2)16-18-44-38/h5-26H,3-4H2,1-2H3. The molecule has 0 atom stereocenters. The van der Waals surface area contributed by atoms with E-state index in [0.717, 1.165) is 68.7 Å². The van der Waals surface area contributed by atoms with E-state index in [1.54, 1.807) is 0 Å². The molecule has 0 amide bonds. The van der Waals surface area contributed by atoms with Crippen molar-refractivity contribution in [2.24, 2.45) is 0 Å². The largest absolute Gasteiger partial charge is 0.457 e. The Morgan fingerprint density at radius 2 is 1.00 bits per heavy atom. The van der Waals surface area contributed by atoms with Crippen LogP contribution in [-0.2, 0) is 12.8 Å². The summed E-state index contributed by atoms with van der Waals surface area (Å²) >= 11 is 0. The van der Waals surface area contributed by atoms with Gasteiger partial charge in [0, 0.05) is 46.4 Å². The molecule has 238 valence electrons. The lowest BCUT2D eigenvalue weighted by Crippen LogP contribution is -2.01. The summed E-state index contributed by atoms with van der Waals surface area (Å²) in [6, 6.07) is 36.5. The van der Waals surface area contributed by atoms with E-state index in [1.807, 2.05) is 102 Å². The molecule has 0 aliphatic rings. The average molecular weight is 641 g/mol. The van der Waals surface area contributed by atoms with E-state index in [1.165, 1.54) is 23.8 Å². The molecule has 0 N–H and O–H groups in total. The number of pyridine rings is 2. The normalized spacial score (nSPS) is 11.2. The highest BCUT2D eigenvalue weighted by molar-refractivity contribution is 6.09. The van der Waals surface area contributed by atoms with Crippen LogP contribution in [0.25, 0.3) is 50.3 Å². The van der Waals surface area contributed by atoms with Crippen molar-refractivity contribution in [3.8, 4) is 51.5 Å². The molecule has 0 unspecified atom stereocenters. The van der Waals surface area contributed by atoms with E-state index in [9.17, 15) is 0 Å². The number of aryl methyl sites for hydroxylation is 2. The number of ether oxygens (including phenoxy) is 2. The quantitative estimate of drug-likeness (QED) is 0.155. The van der Waals surface area contributed by atoms with Gasteiger partial charge in [0.05, 0.1) is 22.4 Å². The van der Waals surface area contributed by atoms with Gasteiger partial charge in [-0.3, -0.25) is 14.5 Å². The lowest BCUT2D eigenvalue weighted by Gasteiger charge is -2.10. The van der Waals surface area contributed by atoms with E-state index < -0.39 is 0 Å². The van der Waals surface area contributed by atoms with Gasteiger partial charge in [-0.25, -0.2) is 15.0 Å². The van der Waals surface area contributed by atoms with E-state index >= 15 is 0 Å². The lowest BCUT2D eigenvalue weighted by atomic mass is 10.1. The molecule has 0 bridgehead atoms. The zero-order chi connectivity index (χ0) is 33.2. The van der Waals surface area contributed by atoms with Crippen molar-refractivity contribution >= 4 is 21.8 Å². The fraction of sp³-hybridized carbons (Fsp3) is 0.0976. The van der Waals surface area contributed by atoms with Crippen LogP contribution >= 0.6 is 0 Å². The van der Waals surface area contributed by atoms with Crippen LogP contribution in [0.15, 0.2) is 134 Å². The SMILES string of the molecule is CCc1ccnc(-c2cccc(Oc3ccc4c5ccc(Oc6cccc(-c7cc(CC)ccn7)c6)cc5n(-c5ncncn5)c4c3)c2)c1. The molecule has 0 aliphatic heterocycles. The molecule has 8 aromatic rings. The Labute approximate surface area is 283 Å². The van der Waals surface area contributed by atoms with Crippen LogP contribution in [0.4, 0.5) is 0 Å². The summed E-state index contributed by atoms with van der Waals surface area (Å²) in [5.74, 6) is 3.31. The van der Waals surface area contributed by atoms with Crippen LogP contribution in [0.2, 0.25) is 0 Å². The number of rotatable bonds is 9. The summed E-state index contributed by atoms with van der Waals surface area (Å²) in [6.07, 6.45) is 8.61. The number of hydrogen-bond donors (Lipinski definition) is 0. The fourth-order valence-electron chi connectivity index (χ4n) is 6.08. The minimum absolute atomic E-state index is 0.497. The maximum atomic E-state index is 6.43. The highest BCUT2D eigenvalue weighted by Crippen LogP contribution is 2.38. The lowest BCUT2D eigenvalue weighted by molar-refractivity contribution is 0.483. The van der Waals surface area contributed by atoms with Gasteiger partial charge >= 0.3 is 0 Å². The first-order valence-electron chi connectivity index (χ1n) is 16.3. The van der Waals surface area contributed by atoms with Gasteiger partial charge in [0.1, 0.15) is 35.7 Å². The molecule has 0 aliphatic carbocycles. The van der Waals surface area contributed by atoms with Gasteiger partial charge in [-0.1, -0.05) is 38.1 Å². The summed E-state index contributed by atoms with van der Waals surface area (Å²) in [7, 11) is 0. The van der Waals surface area contributed by atoms with Gasteiger partial charge in [0.2, 0.25) is 5.95 Å². The third-order valence-electron chi connectivity index (χ3n) is 8.59. The smallest absolute Gasteiger partial charge is 0.237 e. The first-order valence-corrected chi connectivity index (χ1v) is 16.3. The number of nitrogens with zero attached hydrogens (tertiary/aromatic N) is 6. The Morgan fingerprint density at radius 1 is 0.510 bits per heavy atom. The maximum absolute atomic E-state index is 6.43. The second-order valence-corrected chi connectivity index (χ2v) is 11.7. The van der Waals surface area contributed by atoms with Gasteiger partial charge < -0.3 is 9.47 Å². The Balaban J connectivity index is 1.16. The van der Waals surface area contributed by atoms with Crippen LogP contribution < -0.4 is 9.47 Å². The molecule has 0 spiro atoms. The number of benzene rings is 4. The summed E-state index contributed by atoms with van der Waals surface area (Å²) < 4.78 is 14.9. The zero-order valence-corrected chi connectivity index (χ0v) is 27.1. The summed E-state index contributed by atoms with van der Waals surface area (Å²) in [4.78, 5) is 22.2. The molecule has 0 saturated carbocycles. The molecule has 49 heavy (non-hydrogen) atoms. The second-order valence-electron chi connectivity index (χ2n) is 11.7. The maximum Gasteiger partial charge on any atom is 0.237 e. The number of hydrogen-bond acceptors (Lipinski definition) is 7. The Bertz CT molecular complexity index is 2290. The van der Waals surface area contributed by atoms with Crippen molar-refractivity contribution in [3.63, 3.8) is 0 Å². The van der Waals surface area contributed by atoms with Gasteiger partial charge in [-0.2, -0.15) is 0 Å². The monoisotopic (exact) mass is 640 g/mol. The van der Waals surface area contributed by atoms with Crippen molar-refractivity contribution in [3.05, 3.63) is 145 Å². The van der Waals surface area contributed by atoms with Gasteiger partial charge in [0.15, 0.2) is 0 Å². The highest BCUT2D eigenvalue weighted by atomic mass is 16.5. The number of aromatic nitrogens is 6. The van der Waals surface area contributed by atoms with Gasteiger partial charge in [-0.05, 0) is 96.8 Å². The summed E-state index contributed by atoms with van der Waals surface area (Å²) in [6.45, 7) is 4.28. The van der Waals surface area contributed by atoms with Crippen molar-refractivity contribution in [1.82, 2.24) is 29.5 Å². The van der Waals surface area contributed by atoms with E-state index in [4.69, 9.17) is 9.47 Å². The van der Waals surface area contributed by atoms with Crippen molar-refractivity contribution in [2.45, 2.75) is 26.7 Å². The molecule has 0 fully saturated rings. The molecule has 4 aromatic heterocycles. The molecule has 0 saturated heterocycles. The molecular formula is C41H32N6O2. The van der Waals surface area contributed by atoms with E-state index in [-0.39, 0.29) is 0 Å². The molecular weight excluding hydrogens is 608 g/mol. The molecule has 8 nitrogen and oxygen atoms in total. The Kier molecular flexibility index (Phi) is 7.95. The van der Waals surface area contributed by atoms with Crippen LogP contribution in [0, 0.1) is 0 Å². The predicted molar refractivity (Wildman–Crippen MR) is 192 cm³/mol. The van der Waals surface area contributed by atoms with Crippen molar-refractivity contribution < 1.29 is 9.47 Å². The van der Waals surface area contributed by atoms with Crippen LogP contribution in [-0.4, -0.2) is 29.5 Å². The molecule has 8 heteroatoms. The molecule has 8 rings (SSSR count). The number of fused-ring (bicyclic) bond motifs is 3. The van der Waals surface area contributed by atoms with Gasteiger partial charge in [-0.15, -0.1) is 0 Å². The van der Waals surface area contributed by atoms with E-state index in [2.05, 4.69) is 63.0 Å². The predicted octanol–water partition coefficient (Wildman–Crippen LogP) is 9.80. The van der Waals surface area contributed by atoms with E-state index in [0.29, 0.717) is 17.4 Å². The second kappa shape index (κ2) is 13.0. The van der Waals surface area contributed by atoms with Crippen LogP contribution in [0.1, 0.15) is 25.0 Å². The minimum atomic E-state index is 0.497. The Hall–Kier alpha value is -6.41. The van der Waals surface area contributed by atoms with Crippen LogP contribution in [0.3, 0.4) is 0 Å². The topological polar surface area (TPSA) is 87.8 Å². The minimum Gasteiger partial charge on any atom is -0.457 e. The third kappa shape index (κ3) is 6.07. The Morgan fingerprint density at radius 3 is 1.49 bits per heavy atom. The average Bonchev–Trinajstić information content (AvgIpc) is 3.48. The molecule has 4 heterocycles. The van der Waals surface area contributed by atoms with Crippen molar-refractivity contribution in [2.75, 3.05) is 0 Å². The summed E-state index contributed by atoms with van der Waals surface area (Å²) in [5, 5.41) is 2.07. The first kappa shape index (κ1) is 30.0. The van der Waals surface area contributed by atoms with Crippen molar-refractivity contribution in [1.29, 1.82) is 0 Å². The fourth-order valence-corrected chi connectivity index (χ4v) is 6.08. The third-order valence-corrected chi connectivity index (χ3v) is 8.59. The molecule has 4 aromatic carbocycles. The first-order chi connectivity index (χ1) is 24.1. The van der Waals surface area contributed by atoms with Crippen LogP contribution in [0.5, 0.6) is 23.0 Å². The summed E-state index contributed by atoms with van der Waals surface area (Å²) in [5.41, 5.74) is 8.11. The molecule has 0 radical (unpaired) electrons.